The first-order valence-corrected chi connectivity index (χ1v) is 8.44. The van der Waals surface area contributed by atoms with E-state index in [1.54, 1.807) is 11.3 Å². The monoisotopic (exact) mass is 291 g/mol. The smallest absolute Gasteiger partial charge is 0.161 e. The zero-order chi connectivity index (χ0) is 13.3. The number of benzene rings is 1. The Hall–Kier alpha value is -1.07. The number of aliphatic imine (C=N–C) groups is 1. The molecule has 19 heavy (non-hydrogen) atoms. The lowest BCUT2D eigenvalue weighted by Gasteiger charge is -2.20. The van der Waals surface area contributed by atoms with E-state index < -0.39 is 0 Å². The highest BCUT2D eigenvalue weighted by Crippen LogP contribution is 2.34. The number of hydrogen-bond donors (Lipinski definition) is 1. The van der Waals surface area contributed by atoms with Crippen LogP contribution >= 0.6 is 23.1 Å². The number of aromatic nitrogens is 1. The van der Waals surface area contributed by atoms with Crippen LogP contribution in [-0.2, 0) is 0 Å². The molecule has 0 fully saturated rings. The summed E-state index contributed by atoms with van der Waals surface area (Å²) in [6, 6.07) is 6.28. The van der Waals surface area contributed by atoms with Gasteiger partial charge in [-0.3, -0.25) is 4.99 Å². The Morgan fingerprint density at radius 2 is 2.16 bits per heavy atom. The van der Waals surface area contributed by atoms with Crippen LogP contribution in [0.3, 0.4) is 0 Å². The summed E-state index contributed by atoms with van der Waals surface area (Å²) in [4.78, 5) is 9.17. The molecule has 0 saturated heterocycles. The second-order valence-electron chi connectivity index (χ2n) is 4.80. The first-order valence-electron chi connectivity index (χ1n) is 6.57. The molecule has 2 heterocycles. The largest absolute Gasteiger partial charge is 0.335 e. The van der Waals surface area contributed by atoms with Gasteiger partial charge in [0.05, 0.1) is 21.3 Å². The second-order valence-corrected chi connectivity index (χ2v) is 6.65. The van der Waals surface area contributed by atoms with Gasteiger partial charge in [0, 0.05) is 11.4 Å². The van der Waals surface area contributed by atoms with Gasteiger partial charge in [0.2, 0.25) is 0 Å². The minimum absolute atomic E-state index is 0.140. The number of rotatable bonds is 3. The number of nitrogens with one attached hydrogen (secondary N) is 1. The Labute approximate surface area is 121 Å². The Morgan fingerprint density at radius 3 is 2.89 bits per heavy atom. The summed E-state index contributed by atoms with van der Waals surface area (Å²) in [7, 11) is 0. The summed E-state index contributed by atoms with van der Waals surface area (Å²) in [5, 5.41) is 4.49. The fourth-order valence-corrected chi connectivity index (χ4v) is 4.26. The number of hydrogen-bond acceptors (Lipinski definition) is 5. The molecule has 0 bridgehead atoms. The Bertz CT molecular complexity index is 614. The Kier molecular flexibility index (Phi) is 3.50. The highest BCUT2D eigenvalue weighted by Gasteiger charge is 2.32. The maximum atomic E-state index is 4.88. The fraction of sp³-hybridized carbons (Fsp3) is 0.429. The molecule has 0 unspecified atom stereocenters. The average Bonchev–Trinajstić information content (AvgIpc) is 3.05. The van der Waals surface area contributed by atoms with E-state index in [1.165, 1.54) is 4.70 Å². The van der Waals surface area contributed by atoms with Crippen LogP contribution in [0.4, 0.5) is 5.69 Å². The van der Waals surface area contributed by atoms with Crippen LogP contribution in [0.2, 0.25) is 0 Å². The van der Waals surface area contributed by atoms with Crippen LogP contribution in [0.1, 0.15) is 26.7 Å². The Morgan fingerprint density at radius 1 is 1.32 bits per heavy atom. The standard InChI is InChI=1S/C14H17N3S2/c1-3-14(4-2)8-18-13(17-14)16-10-5-6-11-12(7-10)19-9-15-11/h5-7,9H,3-4,8H2,1-2H3,(H,16,17). The lowest BCUT2D eigenvalue weighted by atomic mass is 9.97. The highest BCUT2D eigenvalue weighted by molar-refractivity contribution is 8.14. The van der Waals surface area contributed by atoms with Gasteiger partial charge in [-0.05, 0) is 31.0 Å². The van der Waals surface area contributed by atoms with E-state index in [4.69, 9.17) is 4.99 Å². The molecule has 1 aliphatic rings. The van der Waals surface area contributed by atoms with Crippen molar-refractivity contribution in [2.75, 3.05) is 11.1 Å². The summed E-state index contributed by atoms with van der Waals surface area (Å²) < 4.78 is 1.21. The number of anilines is 1. The molecule has 3 rings (SSSR count). The van der Waals surface area contributed by atoms with E-state index in [0.717, 1.165) is 35.0 Å². The van der Waals surface area contributed by atoms with Crippen LogP contribution in [0.5, 0.6) is 0 Å². The molecule has 100 valence electrons. The molecule has 1 aliphatic heterocycles. The SMILES string of the molecule is CCC1(CC)CSC(Nc2ccc3ncsc3c2)=N1. The van der Waals surface area contributed by atoms with Crippen molar-refractivity contribution in [2.45, 2.75) is 32.2 Å². The van der Waals surface area contributed by atoms with Gasteiger partial charge in [-0.25, -0.2) is 4.98 Å². The van der Waals surface area contributed by atoms with Gasteiger partial charge in [0.15, 0.2) is 5.17 Å². The first-order chi connectivity index (χ1) is 9.24. The maximum absolute atomic E-state index is 4.88. The molecular formula is C14H17N3S2. The van der Waals surface area contributed by atoms with Crippen molar-refractivity contribution in [1.82, 2.24) is 4.98 Å². The zero-order valence-corrected chi connectivity index (χ0v) is 12.8. The van der Waals surface area contributed by atoms with Crippen molar-refractivity contribution in [2.24, 2.45) is 4.99 Å². The van der Waals surface area contributed by atoms with Crippen LogP contribution in [0.25, 0.3) is 10.2 Å². The molecule has 0 amide bonds. The Balaban J connectivity index is 1.81. The summed E-state index contributed by atoms with van der Waals surface area (Å²) in [5.41, 5.74) is 4.19. The number of nitrogens with zero attached hydrogens (tertiary/aromatic N) is 2. The average molecular weight is 291 g/mol. The van der Waals surface area contributed by atoms with Crippen molar-refractivity contribution >= 4 is 44.2 Å². The van der Waals surface area contributed by atoms with E-state index in [2.05, 4.69) is 42.3 Å². The highest BCUT2D eigenvalue weighted by atomic mass is 32.2. The molecule has 0 saturated carbocycles. The lowest BCUT2D eigenvalue weighted by molar-refractivity contribution is 0.456. The second kappa shape index (κ2) is 5.13. The minimum Gasteiger partial charge on any atom is -0.335 e. The van der Waals surface area contributed by atoms with E-state index >= 15 is 0 Å². The normalized spacial score (nSPS) is 17.7. The quantitative estimate of drug-likeness (QED) is 0.912. The third kappa shape index (κ3) is 2.49. The van der Waals surface area contributed by atoms with Crippen molar-refractivity contribution in [1.29, 1.82) is 0 Å². The number of thioether (sulfide) groups is 1. The first kappa shape index (κ1) is 12.9. The molecule has 0 spiro atoms. The third-order valence-corrected chi connectivity index (χ3v) is 5.66. The molecule has 0 radical (unpaired) electrons. The van der Waals surface area contributed by atoms with E-state index in [1.807, 2.05) is 17.3 Å². The molecular weight excluding hydrogens is 274 g/mol. The van der Waals surface area contributed by atoms with Gasteiger partial charge in [-0.15, -0.1) is 11.3 Å². The van der Waals surface area contributed by atoms with Gasteiger partial charge in [-0.1, -0.05) is 25.6 Å². The fourth-order valence-electron chi connectivity index (χ4n) is 2.22. The third-order valence-electron chi connectivity index (χ3n) is 3.72. The summed E-state index contributed by atoms with van der Waals surface area (Å²) in [6.45, 7) is 4.44. The van der Waals surface area contributed by atoms with Gasteiger partial charge in [-0.2, -0.15) is 0 Å². The van der Waals surface area contributed by atoms with Gasteiger partial charge in [0.1, 0.15) is 0 Å². The topological polar surface area (TPSA) is 37.3 Å². The van der Waals surface area contributed by atoms with Crippen molar-refractivity contribution in [3.05, 3.63) is 23.7 Å². The summed E-state index contributed by atoms with van der Waals surface area (Å²) in [5.74, 6) is 1.09. The number of amidine groups is 1. The van der Waals surface area contributed by atoms with Gasteiger partial charge >= 0.3 is 0 Å². The summed E-state index contributed by atoms with van der Waals surface area (Å²) >= 11 is 3.50. The number of fused-ring (bicyclic) bond motifs is 1. The summed E-state index contributed by atoms with van der Waals surface area (Å²) in [6.07, 6.45) is 2.21. The number of thiazole rings is 1. The molecule has 1 aromatic carbocycles. The lowest BCUT2D eigenvalue weighted by Crippen LogP contribution is -2.24. The van der Waals surface area contributed by atoms with E-state index in [9.17, 15) is 0 Å². The molecule has 0 aliphatic carbocycles. The molecule has 2 aromatic rings. The van der Waals surface area contributed by atoms with E-state index in [0.29, 0.717) is 0 Å². The van der Waals surface area contributed by atoms with Gasteiger partial charge in [0.25, 0.3) is 0 Å². The molecule has 1 N–H and O–H groups in total. The van der Waals surface area contributed by atoms with Crippen molar-refractivity contribution < 1.29 is 0 Å². The van der Waals surface area contributed by atoms with Gasteiger partial charge < -0.3 is 5.32 Å². The van der Waals surface area contributed by atoms with Crippen LogP contribution in [0, 0.1) is 0 Å². The van der Waals surface area contributed by atoms with Crippen LogP contribution in [0.15, 0.2) is 28.7 Å². The zero-order valence-electron chi connectivity index (χ0n) is 11.1. The minimum atomic E-state index is 0.140. The van der Waals surface area contributed by atoms with Crippen molar-refractivity contribution in [3.63, 3.8) is 0 Å². The van der Waals surface area contributed by atoms with Crippen LogP contribution < -0.4 is 5.32 Å². The maximum Gasteiger partial charge on any atom is 0.161 e. The van der Waals surface area contributed by atoms with Crippen LogP contribution in [-0.4, -0.2) is 21.4 Å². The molecule has 5 heteroatoms. The molecule has 0 atom stereocenters. The van der Waals surface area contributed by atoms with E-state index in [-0.39, 0.29) is 5.54 Å². The van der Waals surface area contributed by atoms with Crippen molar-refractivity contribution in [3.8, 4) is 0 Å². The predicted octanol–water partition coefficient (Wildman–Crippen LogP) is 4.37. The molecule has 3 nitrogen and oxygen atoms in total. The molecule has 1 aromatic heterocycles. The predicted molar refractivity (Wildman–Crippen MR) is 86.4 cm³/mol.